The molecule has 0 spiro atoms. The molecule has 1 heterocycles. The fourth-order valence-corrected chi connectivity index (χ4v) is 2.96. The molecule has 0 aliphatic carbocycles. The van der Waals surface area contributed by atoms with Crippen LogP contribution in [0.15, 0.2) is 48.2 Å². The summed E-state index contributed by atoms with van der Waals surface area (Å²) in [7, 11) is 1.58. The monoisotopic (exact) mass is 411 g/mol. The zero-order valence-corrected chi connectivity index (χ0v) is 17.2. The SMILES string of the molecule is COc1cccc(C=C2Oc3cc(OCC(=O)N[C@H](CO)C(C)C)ccc3C2=O)c1. The number of benzene rings is 2. The van der Waals surface area contributed by atoms with Crippen molar-refractivity contribution in [3.63, 3.8) is 0 Å². The summed E-state index contributed by atoms with van der Waals surface area (Å²) in [5.74, 6) is 1.22. The molecule has 2 N–H and O–H groups in total. The fourth-order valence-electron chi connectivity index (χ4n) is 2.96. The lowest BCUT2D eigenvalue weighted by atomic mass is 10.1. The predicted octanol–water partition coefficient (Wildman–Crippen LogP) is 2.82. The molecule has 1 atom stereocenters. The molecule has 1 aliphatic rings. The van der Waals surface area contributed by atoms with Gasteiger partial charge >= 0.3 is 0 Å². The van der Waals surface area contributed by atoms with Crippen molar-refractivity contribution in [2.75, 3.05) is 20.3 Å². The number of carbonyl (C=O) groups is 2. The van der Waals surface area contributed by atoms with Crippen LogP contribution in [0.3, 0.4) is 0 Å². The number of methoxy groups -OCH3 is 1. The number of ketones is 1. The van der Waals surface area contributed by atoms with E-state index in [-0.39, 0.29) is 42.6 Å². The summed E-state index contributed by atoms with van der Waals surface area (Å²) in [4.78, 5) is 24.6. The molecule has 0 bridgehead atoms. The van der Waals surface area contributed by atoms with Crippen LogP contribution in [-0.4, -0.2) is 43.2 Å². The number of fused-ring (bicyclic) bond motifs is 1. The Morgan fingerprint density at radius 1 is 1.20 bits per heavy atom. The van der Waals surface area contributed by atoms with E-state index in [4.69, 9.17) is 14.2 Å². The summed E-state index contributed by atoms with van der Waals surface area (Å²) in [6.45, 7) is 3.48. The van der Waals surface area contributed by atoms with Crippen LogP contribution in [0.5, 0.6) is 17.2 Å². The van der Waals surface area contributed by atoms with Crippen LogP contribution in [0.25, 0.3) is 6.08 Å². The molecular weight excluding hydrogens is 386 g/mol. The highest BCUT2D eigenvalue weighted by molar-refractivity contribution is 6.14. The molecule has 30 heavy (non-hydrogen) atoms. The lowest BCUT2D eigenvalue weighted by Gasteiger charge is -2.19. The molecule has 0 aromatic heterocycles. The molecule has 0 saturated carbocycles. The minimum absolute atomic E-state index is 0.105. The Bertz CT molecular complexity index is 966. The molecule has 0 saturated heterocycles. The van der Waals surface area contributed by atoms with Gasteiger partial charge in [0.05, 0.1) is 25.3 Å². The second-order valence-corrected chi connectivity index (χ2v) is 7.26. The van der Waals surface area contributed by atoms with Crippen molar-refractivity contribution < 1.29 is 28.9 Å². The molecule has 0 unspecified atom stereocenters. The third-order valence-electron chi connectivity index (χ3n) is 4.75. The average molecular weight is 411 g/mol. The number of rotatable bonds is 8. The lowest BCUT2D eigenvalue weighted by molar-refractivity contribution is -0.124. The summed E-state index contributed by atoms with van der Waals surface area (Å²) in [5, 5.41) is 12.0. The van der Waals surface area contributed by atoms with Gasteiger partial charge < -0.3 is 24.6 Å². The highest BCUT2D eigenvalue weighted by Gasteiger charge is 2.28. The van der Waals surface area contributed by atoms with E-state index in [0.29, 0.717) is 22.8 Å². The largest absolute Gasteiger partial charge is 0.497 e. The third-order valence-corrected chi connectivity index (χ3v) is 4.75. The lowest BCUT2D eigenvalue weighted by Crippen LogP contribution is -2.43. The van der Waals surface area contributed by atoms with Crippen molar-refractivity contribution in [2.24, 2.45) is 5.92 Å². The van der Waals surface area contributed by atoms with Crippen LogP contribution in [0.1, 0.15) is 29.8 Å². The van der Waals surface area contributed by atoms with Gasteiger partial charge in [0.2, 0.25) is 5.78 Å². The number of allylic oxidation sites excluding steroid dienone is 1. The van der Waals surface area contributed by atoms with Crippen molar-refractivity contribution in [3.8, 4) is 17.2 Å². The topological polar surface area (TPSA) is 94.1 Å². The Kier molecular flexibility index (Phi) is 6.74. The number of carbonyl (C=O) groups excluding carboxylic acids is 2. The summed E-state index contributed by atoms with van der Waals surface area (Å²) in [5.41, 5.74) is 1.21. The number of aliphatic hydroxyl groups is 1. The summed E-state index contributed by atoms with van der Waals surface area (Å²) < 4.78 is 16.4. The van der Waals surface area contributed by atoms with E-state index >= 15 is 0 Å². The first-order valence-electron chi connectivity index (χ1n) is 9.66. The molecule has 2 aromatic carbocycles. The molecule has 158 valence electrons. The van der Waals surface area contributed by atoms with E-state index < -0.39 is 0 Å². The van der Waals surface area contributed by atoms with Gasteiger partial charge in [0, 0.05) is 6.07 Å². The van der Waals surface area contributed by atoms with Crippen molar-refractivity contribution in [1.29, 1.82) is 0 Å². The van der Waals surface area contributed by atoms with Gasteiger partial charge in [0.25, 0.3) is 5.91 Å². The summed E-state index contributed by atoms with van der Waals surface area (Å²) in [6, 6.07) is 11.8. The van der Waals surface area contributed by atoms with Crippen molar-refractivity contribution >= 4 is 17.8 Å². The van der Waals surface area contributed by atoms with Gasteiger partial charge in [-0.3, -0.25) is 9.59 Å². The predicted molar refractivity (Wildman–Crippen MR) is 112 cm³/mol. The first-order chi connectivity index (χ1) is 14.4. The maximum atomic E-state index is 12.6. The van der Waals surface area contributed by atoms with Crippen LogP contribution >= 0.6 is 0 Å². The molecule has 2 aromatic rings. The maximum Gasteiger partial charge on any atom is 0.258 e. The Hall–Kier alpha value is -3.32. The Labute approximate surface area is 175 Å². The summed E-state index contributed by atoms with van der Waals surface area (Å²) >= 11 is 0. The number of hydrogen-bond donors (Lipinski definition) is 2. The molecule has 0 radical (unpaired) electrons. The van der Waals surface area contributed by atoms with Crippen molar-refractivity contribution in [2.45, 2.75) is 19.9 Å². The van der Waals surface area contributed by atoms with Gasteiger partial charge in [-0.1, -0.05) is 26.0 Å². The van der Waals surface area contributed by atoms with Crippen LogP contribution in [0, 0.1) is 5.92 Å². The molecule has 3 rings (SSSR count). The van der Waals surface area contributed by atoms with Gasteiger partial charge in [0.1, 0.15) is 17.2 Å². The minimum atomic E-state index is -0.334. The Morgan fingerprint density at radius 2 is 2.00 bits per heavy atom. The maximum absolute atomic E-state index is 12.6. The van der Waals surface area contributed by atoms with E-state index in [2.05, 4.69) is 5.32 Å². The van der Waals surface area contributed by atoms with Gasteiger partial charge in [0.15, 0.2) is 12.4 Å². The average Bonchev–Trinajstić information content (AvgIpc) is 3.05. The van der Waals surface area contributed by atoms with E-state index in [1.54, 1.807) is 37.5 Å². The van der Waals surface area contributed by atoms with Gasteiger partial charge in [-0.15, -0.1) is 0 Å². The number of nitrogens with one attached hydrogen (secondary N) is 1. The minimum Gasteiger partial charge on any atom is -0.497 e. The normalized spacial score (nSPS) is 15.0. The molecular formula is C23H25NO6. The number of hydrogen-bond acceptors (Lipinski definition) is 6. The quantitative estimate of drug-likeness (QED) is 0.649. The van der Waals surface area contributed by atoms with Crippen molar-refractivity contribution in [3.05, 3.63) is 59.4 Å². The number of amides is 1. The second kappa shape index (κ2) is 9.45. The first kappa shape index (κ1) is 21.4. The number of aliphatic hydroxyl groups excluding tert-OH is 1. The van der Waals surface area contributed by atoms with E-state index in [0.717, 1.165) is 5.56 Å². The number of ether oxygens (including phenoxy) is 3. The molecule has 1 amide bonds. The van der Waals surface area contributed by atoms with Gasteiger partial charge in [-0.05, 0) is 41.8 Å². The van der Waals surface area contributed by atoms with Crippen LogP contribution in [0.2, 0.25) is 0 Å². The first-order valence-corrected chi connectivity index (χ1v) is 9.66. The summed E-state index contributed by atoms with van der Waals surface area (Å²) in [6.07, 6.45) is 1.65. The fraction of sp³-hybridized carbons (Fsp3) is 0.304. The molecule has 0 fully saturated rings. The third kappa shape index (κ3) is 4.99. The smallest absolute Gasteiger partial charge is 0.258 e. The van der Waals surface area contributed by atoms with E-state index in [1.807, 2.05) is 32.0 Å². The second-order valence-electron chi connectivity index (χ2n) is 7.26. The zero-order chi connectivity index (χ0) is 21.7. The number of Topliss-reactive ketones (excluding diaryl/α,β-unsaturated/α-hetero) is 1. The molecule has 7 heteroatoms. The van der Waals surface area contributed by atoms with E-state index in [1.165, 1.54) is 0 Å². The van der Waals surface area contributed by atoms with Crippen LogP contribution in [0.4, 0.5) is 0 Å². The molecule has 7 nitrogen and oxygen atoms in total. The van der Waals surface area contributed by atoms with Crippen LogP contribution < -0.4 is 19.5 Å². The Morgan fingerprint density at radius 3 is 2.70 bits per heavy atom. The van der Waals surface area contributed by atoms with Gasteiger partial charge in [-0.25, -0.2) is 0 Å². The standard InChI is InChI=1S/C23H25NO6/c1-14(2)19(12-25)24-22(26)13-29-17-7-8-18-20(11-17)30-21(23(18)27)10-15-5-4-6-16(9-15)28-3/h4-11,14,19,25H,12-13H2,1-3H3,(H,24,26)/t19-/m1/s1. The highest BCUT2D eigenvalue weighted by Crippen LogP contribution is 2.35. The van der Waals surface area contributed by atoms with Crippen LogP contribution in [-0.2, 0) is 4.79 Å². The Balaban J connectivity index is 1.66. The zero-order valence-electron chi connectivity index (χ0n) is 17.2. The van der Waals surface area contributed by atoms with Crippen molar-refractivity contribution in [1.82, 2.24) is 5.32 Å². The molecule has 1 aliphatic heterocycles. The van der Waals surface area contributed by atoms with E-state index in [9.17, 15) is 14.7 Å². The van der Waals surface area contributed by atoms with Gasteiger partial charge in [-0.2, -0.15) is 0 Å². The highest BCUT2D eigenvalue weighted by atomic mass is 16.5.